The van der Waals surface area contributed by atoms with Gasteiger partial charge in [-0.25, -0.2) is 4.98 Å². The Kier molecular flexibility index (Phi) is 4.75. The number of hydrogen-bond donors (Lipinski definition) is 0. The largest absolute Gasteiger partial charge is 0.348 e. The molecule has 1 saturated heterocycles. The Morgan fingerprint density at radius 3 is 2.85 bits per heavy atom. The Labute approximate surface area is 156 Å². The maximum Gasteiger partial charge on any atom is 0.299 e. The summed E-state index contributed by atoms with van der Waals surface area (Å²) in [6.45, 7) is 3.16. The van der Waals surface area contributed by atoms with E-state index in [9.17, 15) is 9.59 Å². The maximum absolute atomic E-state index is 12.7. The highest BCUT2D eigenvalue weighted by atomic mass is 16.5. The van der Waals surface area contributed by atoms with Gasteiger partial charge >= 0.3 is 0 Å². The fourth-order valence-electron chi connectivity index (χ4n) is 3.63. The lowest BCUT2D eigenvalue weighted by Gasteiger charge is -2.33. The highest BCUT2D eigenvalue weighted by Crippen LogP contribution is 2.24. The number of carbonyl (C=O) groups is 1. The Hall–Kier alpha value is -2.96. The quantitative estimate of drug-likeness (QED) is 0.709. The van der Waals surface area contributed by atoms with Crippen LogP contribution in [0.15, 0.2) is 46.0 Å². The molecule has 0 radical (unpaired) electrons. The van der Waals surface area contributed by atoms with Gasteiger partial charge in [0, 0.05) is 31.1 Å². The SMILES string of the molecule is CC1CCCCN1C(=O)CCn1cnc2c(-c3ccccc3)noc2c1=O. The van der Waals surface area contributed by atoms with E-state index in [1.807, 2.05) is 35.2 Å². The predicted molar refractivity (Wildman–Crippen MR) is 101 cm³/mol. The number of benzene rings is 1. The summed E-state index contributed by atoms with van der Waals surface area (Å²) in [5.74, 6) is 0.0803. The number of amides is 1. The molecule has 2 aromatic heterocycles. The zero-order valence-corrected chi connectivity index (χ0v) is 15.3. The van der Waals surface area contributed by atoms with Gasteiger partial charge in [-0.1, -0.05) is 35.5 Å². The third kappa shape index (κ3) is 3.37. The summed E-state index contributed by atoms with van der Waals surface area (Å²) >= 11 is 0. The number of piperidine rings is 1. The van der Waals surface area contributed by atoms with E-state index in [-0.39, 0.29) is 36.1 Å². The smallest absolute Gasteiger partial charge is 0.299 e. The monoisotopic (exact) mass is 366 g/mol. The Morgan fingerprint density at radius 1 is 1.26 bits per heavy atom. The average molecular weight is 366 g/mol. The van der Waals surface area contributed by atoms with Gasteiger partial charge in [0.15, 0.2) is 0 Å². The first-order valence-electron chi connectivity index (χ1n) is 9.35. The second-order valence-corrected chi connectivity index (χ2v) is 7.00. The molecule has 1 amide bonds. The summed E-state index contributed by atoms with van der Waals surface area (Å²) in [6.07, 6.45) is 5.00. The molecule has 0 bridgehead atoms. The molecule has 3 heterocycles. The van der Waals surface area contributed by atoms with Gasteiger partial charge in [-0.05, 0) is 26.2 Å². The van der Waals surface area contributed by atoms with Crippen LogP contribution in [0.1, 0.15) is 32.6 Å². The average Bonchev–Trinajstić information content (AvgIpc) is 3.13. The number of fused-ring (bicyclic) bond motifs is 1. The predicted octanol–water partition coefficient (Wildman–Crippen LogP) is 2.84. The van der Waals surface area contributed by atoms with Crippen molar-refractivity contribution >= 4 is 17.0 Å². The number of rotatable bonds is 4. The minimum Gasteiger partial charge on any atom is -0.348 e. The highest BCUT2D eigenvalue weighted by molar-refractivity contribution is 5.87. The van der Waals surface area contributed by atoms with Gasteiger partial charge in [-0.15, -0.1) is 0 Å². The number of carbonyl (C=O) groups excluding carboxylic acids is 1. The van der Waals surface area contributed by atoms with Crippen LogP contribution in [0.5, 0.6) is 0 Å². The molecule has 0 saturated carbocycles. The molecule has 3 aromatic rings. The summed E-state index contributed by atoms with van der Waals surface area (Å²) in [5, 5.41) is 4.02. The molecular weight excluding hydrogens is 344 g/mol. The highest BCUT2D eigenvalue weighted by Gasteiger charge is 2.23. The molecule has 0 spiro atoms. The molecule has 1 unspecified atom stereocenters. The zero-order valence-electron chi connectivity index (χ0n) is 15.3. The van der Waals surface area contributed by atoms with Crippen LogP contribution in [0.2, 0.25) is 0 Å². The van der Waals surface area contributed by atoms with Crippen LogP contribution >= 0.6 is 0 Å². The normalized spacial score (nSPS) is 17.4. The number of aryl methyl sites for hydroxylation is 1. The molecule has 1 fully saturated rings. The number of aromatic nitrogens is 3. The number of nitrogens with zero attached hydrogens (tertiary/aromatic N) is 4. The molecule has 0 aliphatic carbocycles. The molecule has 1 atom stereocenters. The van der Waals surface area contributed by atoms with Crippen molar-refractivity contribution in [1.82, 2.24) is 19.6 Å². The molecule has 140 valence electrons. The third-order valence-electron chi connectivity index (χ3n) is 5.19. The van der Waals surface area contributed by atoms with Gasteiger partial charge in [0.05, 0.1) is 6.33 Å². The van der Waals surface area contributed by atoms with Crippen molar-refractivity contribution in [3.8, 4) is 11.3 Å². The Morgan fingerprint density at radius 2 is 2.07 bits per heavy atom. The van der Waals surface area contributed by atoms with Crippen LogP contribution < -0.4 is 5.56 Å². The van der Waals surface area contributed by atoms with Gasteiger partial charge in [-0.3, -0.25) is 14.2 Å². The molecule has 1 aliphatic heterocycles. The maximum atomic E-state index is 12.7. The van der Waals surface area contributed by atoms with Crippen LogP contribution in [0, 0.1) is 0 Å². The van der Waals surface area contributed by atoms with Gasteiger partial charge in [0.2, 0.25) is 5.91 Å². The first-order valence-corrected chi connectivity index (χ1v) is 9.35. The van der Waals surface area contributed by atoms with Crippen LogP contribution in [-0.2, 0) is 11.3 Å². The standard InChI is InChI=1S/C20H22N4O3/c1-14-7-5-6-11-24(14)16(25)10-12-23-13-21-18-17(15-8-3-2-4-9-15)22-27-19(18)20(23)26/h2-4,8-9,13-14H,5-7,10-12H2,1H3. The van der Waals surface area contributed by atoms with E-state index in [2.05, 4.69) is 17.1 Å². The first-order chi connectivity index (χ1) is 13.1. The number of hydrogen-bond acceptors (Lipinski definition) is 5. The lowest BCUT2D eigenvalue weighted by atomic mass is 10.0. The van der Waals surface area contributed by atoms with Crippen molar-refractivity contribution in [2.24, 2.45) is 0 Å². The second-order valence-electron chi connectivity index (χ2n) is 7.00. The van der Waals surface area contributed by atoms with Crippen molar-refractivity contribution in [3.05, 3.63) is 47.0 Å². The van der Waals surface area contributed by atoms with Gasteiger partial charge in [-0.2, -0.15) is 0 Å². The van der Waals surface area contributed by atoms with Crippen LogP contribution in [0.3, 0.4) is 0 Å². The second kappa shape index (κ2) is 7.34. The summed E-state index contributed by atoms with van der Waals surface area (Å²) in [4.78, 5) is 31.5. The fourth-order valence-corrected chi connectivity index (χ4v) is 3.63. The summed E-state index contributed by atoms with van der Waals surface area (Å²) < 4.78 is 6.70. The van der Waals surface area contributed by atoms with E-state index in [1.54, 1.807) is 0 Å². The molecule has 1 aromatic carbocycles. The Bertz CT molecular complexity index is 1010. The fraction of sp³-hybridized carbons (Fsp3) is 0.400. The minimum absolute atomic E-state index is 0.0803. The first kappa shape index (κ1) is 17.5. The number of likely N-dealkylation sites (tertiary alicyclic amines) is 1. The van der Waals surface area contributed by atoms with Gasteiger partial charge in [0.1, 0.15) is 11.2 Å². The van der Waals surface area contributed by atoms with Crippen molar-refractivity contribution in [2.75, 3.05) is 6.54 Å². The topological polar surface area (TPSA) is 81.2 Å². The van der Waals surface area contributed by atoms with Crippen LogP contribution in [-0.4, -0.2) is 38.1 Å². The van der Waals surface area contributed by atoms with Crippen LogP contribution in [0.4, 0.5) is 0 Å². The summed E-state index contributed by atoms with van der Waals surface area (Å²) in [6, 6.07) is 9.75. The van der Waals surface area contributed by atoms with E-state index >= 15 is 0 Å². The third-order valence-corrected chi connectivity index (χ3v) is 5.19. The van der Waals surface area contributed by atoms with E-state index < -0.39 is 0 Å². The molecule has 4 rings (SSSR count). The Balaban J connectivity index is 1.54. The zero-order chi connectivity index (χ0) is 18.8. The lowest BCUT2D eigenvalue weighted by molar-refractivity contribution is -0.134. The molecule has 27 heavy (non-hydrogen) atoms. The van der Waals surface area contributed by atoms with Crippen LogP contribution in [0.25, 0.3) is 22.4 Å². The van der Waals surface area contributed by atoms with Crippen molar-refractivity contribution in [1.29, 1.82) is 0 Å². The summed E-state index contributed by atoms with van der Waals surface area (Å²) in [7, 11) is 0. The van der Waals surface area contributed by atoms with E-state index in [1.165, 1.54) is 17.3 Å². The van der Waals surface area contributed by atoms with Crippen molar-refractivity contribution in [3.63, 3.8) is 0 Å². The molecular formula is C20H22N4O3. The molecule has 1 aliphatic rings. The molecule has 7 nitrogen and oxygen atoms in total. The van der Waals surface area contributed by atoms with E-state index in [4.69, 9.17) is 4.52 Å². The van der Waals surface area contributed by atoms with E-state index in [0.29, 0.717) is 11.2 Å². The van der Waals surface area contributed by atoms with Crippen molar-refractivity contribution in [2.45, 2.75) is 45.2 Å². The van der Waals surface area contributed by atoms with Gasteiger partial charge in [0.25, 0.3) is 11.1 Å². The van der Waals surface area contributed by atoms with E-state index in [0.717, 1.165) is 24.9 Å². The summed E-state index contributed by atoms with van der Waals surface area (Å²) in [5.41, 5.74) is 1.64. The lowest BCUT2D eigenvalue weighted by Crippen LogP contribution is -2.42. The molecule has 7 heteroatoms. The minimum atomic E-state index is -0.311. The van der Waals surface area contributed by atoms with Crippen molar-refractivity contribution < 1.29 is 9.32 Å². The molecule has 0 N–H and O–H groups in total. The van der Waals surface area contributed by atoms with Gasteiger partial charge < -0.3 is 9.42 Å².